The first kappa shape index (κ1) is 28.8. The SMILES string of the molecule is C=C1NC(=O)C2(C)C3C4N(CCCN13)C(=O)NC(=O)C42C.Cc1cn(CCCn2cc(C)c(=O)[nH]c2=O)c(=O)[nH]c1=O. The van der Waals surface area contributed by atoms with E-state index in [-0.39, 0.29) is 29.9 Å². The largest absolute Gasteiger partial charge is 0.352 e. The van der Waals surface area contributed by atoms with Gasteiger partial charge in [0.15, 0.2) is 0 Å². The van der Waals surface area contributed by atoms with Crippen molar-refractivity contribution in [1.29, 1.82) is 0 Å². The van der Waals surface area contributed by atoms with Crippen molar-refractivity contribution in [2.75, 3.05) is 13.1 Å². The van der Waals surface area contributed by atoms with Crippen molar-refractivity contribution in [3.05, 3.63) is 77.6 Å². The van der Waals surface area contributed by atoms with Crippen LogP contribution in [0.2, 0.25) is 0 Å². The van der Waals surface area contributed by atoms with Crippen LogP contribution in [0.15, 0.2) is 44.0 Å². The molecule has 0 spiro atoms. The third kappa shape index (κ3) is 4.13. The van der Waals surface area contributed by atoms with E-state index in [2.05, 4.69) is 32.1 Å². The molecule has 0 aromatic carbocycles. The first-order valence-corrected chi connectivity index (χ1v) is 13.7. The lowest BCUT2D eigenvalue weighted by Crippen LogP contribution is -2.89. The highest BCUT2D eigenvalue weighted by atomic mass is 16.2. The third-order valence-electron chi connectivity index (χ3n) is 9.24. The van der Waals surface area contributed by atoms with Gasteiger partial charge in [-0.1, -0.05) is 6.58 Å². The number of rotatable bonds is 4. The first-order valence-electron chi connectivity index (χ1n) is 13.7. The Morgan fingerprint density at radius 1 is 0.762 bits per heavy atom. The van der Waals surface area contributed by atoms with E-state index in [9.17, 15) is 33.6 Å². The minimum absolute atomic E-state index is 0.179. The molecule has 4 aliphatic rings. The Balaban J connectivity index is 0.000000168. The van der Waals surface area contributed by atoms with Gasteiger partial charge in [-0.15, -0.1) is 0 Å². The summed E-state index contributed by atoms with van der Waals surface area (Å²) >= 11 is 0. The molecule has 4 fully saturated rings. The predicted octanol–water partition coefficient (Wildman–Crippen LogP) is -1.30. The van der Waals surface area contributed by atoms with E-state index < -0.39 is 33.3 Å². The standard InChI is InChI=1S/C14H18N4O3.C13H16N4O4/c1-7-15-10(19)13(2)8-9-14(13,3)11(20)16-12(21)18(9)6-4-5-17(7)8;1-8-6-16(12(20)14-10(8)18)4-3-5-17-7-9(2)11(19)15-13(17)21/h8-9H,1,4-6H2,2-3H3,(H,15,19)(H,16,20,21);6-7H,3-5H2,1-2H3,(H,14,18,20)(H,15,19,21). The fraction of sp³-hybridized carbons (Fsp3) is 0.519. The molecule has 5 heterocycles. The molecule has 224 valence electrons. The lowest BCUT2D eigenvalue weighted by molar-refractivity contribution is -0.213. The molecular formula is C27H34N8O7. The maximum Gasteiger partial charge on any atom is 0.328 e. The van der Waals surface area contributed by atoms with Crippen molar-refractivity contribution in [2.24, 2.45) is 10.8 Å². The van der Waals surface area contributed by atoms with Crippen LogP contribution in [0.3, 0.4) is 0 Å². The van der Waals surface area contributed by atoms with Gasteiger partial charge >= 0.3 is 17.4 Å². The van der Waals surface area contributed by atoms with E-state index in [0.29, 0.717) is 43.0 Å². The fourth-order valence-electron chi connectivity index (χ4n) is 6.69. The lowest BCUT2D eigenvalue weighted by Gasteiger charge is -2.71. The van der Waals surface area contributed by atoms with Crippen LogP contribution in [0, 0.1) is 24.7 Å². The fourth-order valence-corrected chi connectivity index (χ4v) is 6.69. The molecule has 4 unspecified atom stereocenters. The Hall–Kier alpha value is -4.69. The summed E-state index contributed by atoms with van der Waals surface area (Å²) in [5.41, 5.74) is -2.61. The van der Waals surface area contributed by atoms with Crippen LogP contribution in [-0.2, 0) is 22.7 Å². The first-order chi connectivity index (χ1) is 19.7. The summed E-state index contributed by atoms with van der Waals surface area (Å²) in [6.45, 7) is 12.8. The Bertz CT molecular complexity index is 1630. The molecule has 1 aliphatic carbocycles. The second kappa shape index (κ2) is 9.99. The molecule has 15 heteroatoms. The number of fused-ring (bicyclic) bond motifs is 1. The van der Waals surface area contributed by atoms with Gasteiger partial charge in [-0.05, 0) is 40.5 Å². The Labute approximate surface area is 239 Å². The van der Waals surface area contributed by atoms with E-state index in [0.717, 1.165) is 13.0 Å². The van der Waals surface area contributed by atoms with Gasteiger partial charge < -0.3 is 24.3 Å². The van der Waals surface area contributed by atoms with Gasteiger partial charge in [0.25, 0.3) is 11.1 Å². The minimum Gasteiger partial charge on any atom is -0.352 e. The molecule has 3 saturated heterocycles. The number of carbonyl (C=O) groups excluding carboxylic acids is 3. The van der Waals surface area contributed by atoms with Crippen molar-refractivity contribution in [3.8, 4) is 0 Å². The van der Waals surface area contributed by atoms with Gasteiger partial charge in [0.05, 0.1) is 22.9 Å². The molecule has 42 heavy (non-hydrogen) atoms. The summed E-state index contributed by atoms with van der Waals surface area (Å²) in [7, 11) is 0. The van der Waals surface area contributed by atoms with E-state index in [1.165, 1.54) is 21.5 Å². The van der Waals surface area contributed by atoms with Crippen molar-refractivity contribution in [1.82, 2.24) is 39.5 Å². The average molecular weight is 583 g/mol. The van der Waals surface area contributed by atoms with E-state index in [1.807, 2.05) is 6.92 Å². The van der Waals surface area contributed by atoms with E-state index >= 15 is 0 Å². The number of H-pyrrole nitrogens is 2. The van der Waals surface area contributed by atoms with Crippen LogP contribution in [0.1, 0.15) is 37.8 Å². The highest BCUT2D eigenvalue weighted by Crippen LogP contribution is 2.64. The molecule has 1 saturated carbocycles. The molecule has 2 aromatic rings. The molecule has 0 bridgehead atoms. The number of aromatic amines is 2. The maximum atomic E-state index is 12.6. The molecule has 4 amide bonds. The number of amides is 4. The smallest absolute Gasteiger partial charge is 0.328 e. The van der Waals surface area contributed by atoms with Gasteiger partial charge in [0.1, 0.15) is 5.82 Å². The summed E-state index contributed by atoms with van der Waals surface area (Å²) < 4.78 is 2.78. The number of nitrogens with one attached hydrogen (secondary N) is 4. The summed E-state index contributed by atoms with van der Waals surface area (Å²) in [6.07, 6.45) is 4.27. The number of imide groups is 1. The molecule has 2 aromatic heterocycles. The molecule has 6 rings (SSSR count). The zero-order valence-electron chi connectivity index (χ0n) is 23.9. The summed E-state index contributed by atoms with van der Waals surface area (Å²) in [4.78, 5) is 91.1. The average Bonchev–Trinajstić information content (AvgIpc) is 3.13. The molecule has 0 radical (unpaired) electrons. The maximum absolute atomic E-state index is 12.6. The third-order valence-corrected chi connectivity index (χ3v) is 9.24. The Morgan fingerprint density at radius 2 is 1.21 bits per heavy atom. The van der Waals surface area contributed by atoms with Crippen molar-refractivity contribution in [2.45, 2.75) is 65.7 Å². The highest BCUT2D eigenvalue weighted by molar-refractivity contribution is 6.07. The molecule has 3 aliphatic heterocycles. The lowest BCUT2D eigenvalue weighted by atomic mass is 9.42. The summed E-state index contributed by atoms with van der Waals surface area (Å²) in [6, 6.07) is -0.793. The number of aromatic nitrogens is 4. The quantitative estimate of drug-likeness (QED) is 0.342. The zero-order valence-corrected chi connectivity index (χ0v) is 23.9. The number of carbonyl (C=O) groups is 3. The molecule has 4 atom stereocenters. The normalized spacial score (nSPS) is 27.6. The van der Waals surface area contributed by atoms with Crippen molar-refractivity contribution < 1.29 is 14.4 Å². The van der Waals surface area contributed by atoms with Crippen LogP contribution in [0.25, 0.3) is 0 Å². The van der Waals surface area contributed by atoms with E-state index in [4.69, 9.17) is 0 Å². The van der Waals surface area contributed by atoms with E-state index in [1.54, 1.807) is 25.7 Å². The molecule has 15 nitrogen and oxygen atoms in total. The number of hydrogen-bond acceptors (Lipinski definition) is 8. The van der Waals surface area contributed by atoms with Gasteiger partial charge in [-0.3, -0.25) is 34.5 Å². The van der Waals surface area contributed by atoms with Crippen LogP contribution < -0.4 is 33.1 Å². The van der Waals surface area contributed by atoms with Crippen LogP contribution >= 0.6 is 0 Å². The Kier molecular flexibility index (Phi) is 6.86. The van der Waals surface area contributed by atoms with Gasteiger partial charge in [-0.2, -0.15) is 0 Å². The number of urea groups is 1. The number of hydrogen-bond donors (Lipinski definition) is 4. The number of nitrogens with zero attached hydrogens (tertiary/aromatic N) is 4. The Morgan fingerprint density at radius 3 is 1.74 bits per heavy atom. The van der Waals surface area contributed by atoms with Crippen molar-refractivity contribution >= 4 is 17.8 Å². The topological polar surface area (TPSA) is 191 Å². The van der Waals surface area contributed by atoms with Gasteiger partial charge in [-0.25, -0.2) is 14.4 Å². The predicted molar refractivity (Wildman–Crippen MR) is 149 cm³/mol. The summed E-state index contributed by atoms with van der Waals surface area (Å²) in [5.74, 6) is 0.0423. The van der Waals surface area contributed by atoms with Gasteiger partial charge in [0.2, 0.25) is 11.8 Å². The second-order valence-corrected chi connectivity index (χ2v) is 11.6. The van der Waals surface area contributed by atoms with Crippen LogP contribution in [0.5, 0.6) is 0 Å². The molecular weight excluding hydrogens is 548 g/mol. The minimum atomic E-state index is -0.904. The summed E-state index contributed by atoms with van der Waals surface area (Å²) in [5, 5.41) is 5.23. The monoisotopic (exact) mass is 582 g/mol. The molecule has 4 N–H and O–H groups in total. The second-order valence-electron chi connectivity index (χ2n) is 11.6. The number of aryl methyl sites for hydroxylation is 4. The van der Waals surface area contributed by atoms with Gasteiger partial charge in [0, 0.05) is 49.7 Å². The van der Waals surface area contributed by atoms with Crippen molar-refractivity contribution in [3.63, 3.8) is 0 Å². The zero-order chi connectivity index (χ0) is 30.7. The van der Waals surface area contributed by atoms with Crippen LogP contribution in [-0.4, -0.2) is 71.9 Å². The van der Waals surface area contributed by atoms with Crippen LogP contribution in [0.4, 0.5) is 4.79 Å². The highest BCUT2D eigenvalue weighted by Gasteiger charge is 2.80.